The summed E-state index contributed by atoms with van der Waals surface area (Å²) in [6, 6.07) is 12.1. The van der Waals surface area contributed by atoms with E-state index >= 15 is 0 Å². The average molecular weight is 218 g/mol. The fraction of sp³-hybridized carbons (Fsp3) is 0.571. The van der Waals surface area contributed by atoms with Gasteiger partial charge in [0.15, 0.2) is 0 Å². The van der Waals surface area contributed by atoms with Gasteiger partial charge in [0, 0.05) is 18.6 Å². The SMILES string of the molecule is CCN(C)C(CNC1CC1)c1ccccc1. The van der Waals surface area contributed by atoms with Crippen LogP contribution in [0.4, 0.5) is 0 Å². The van der Waals surface area contributed by atoms with Gasteiger partial charge in [-0.1, -0.05) is 37.3 Å². The minimum absolute atomic E-state index is 0.506. The zero-order valence-corrected chi connectivity index (χ0v) is 10.3. The van der Waals surface area contributed by atoms with Gasteiger partial charge in [0.2, 0.25) is 0 Å². The van der Waals surface area contributed by atoms with Crippen LogP contribution in [0.5, 0.6) is 0 Å². The van der Waals surface area contributed by atoms with Crippen molar-refractivity contribution in [1.82, 2.24) is 10.2 Å². The lowest BCUT2D eigenvalue weighted by Gasteiger charge is -2.27. The van der Waals surface area contributed by atoms with E-state index in [0.717, 1.165) is 19.1 Å². The van der Waals surface area contributed by atoms with Gasteiger partial charge in [-0.05, 0) is 32.0 Å². The van der Waals surface area contributed by atoms with Gasteiger partial charge in [0.25, 0.3) is 0 Å². The van der Waals surface area contributed by atoms with E-state index in [-0.39, 0.29) is 0 Å². The second-order valence-electron chi connectivity index (χ2n) is 4.68. The molecule has 1 aliphatic carbocycles. The summed E-state index contributed by atoms with van der Waals surface area (Å²) >= 11 is 0. The minimum Gasteiger partial charge on any atom is -0.312 e. The second-order valence-corrected chi connectivity index (χ2v) is 4.68. The largest absolute Gasteiger partial charge is 0.312 e. The van der Waals surface area contributed by atoms with Crippen molar-refractivity contribution in [3.8, 4) is 0 Å². The van der Waals surface area contributed by atoms with E-state index in [0.29, 0.717) is 6.04 Å². The van der Waals surface area contributed by atoms with Crippen molar-refractivity contribution in [1.29, 1.82) is 0 Å². The molecule has 0 spiro atoms. The summed E-state index contributed by atoms with van der Waals surface area (Å²) in [5.41, 5.74) is 1.42. The van der Waals surface area contributed by atoms with E-state index in [1.807, 2.05) is 0 Å². The Morgan fingerprint density at radius 1 is 1.31 bits per heavy atom. The molecule has 1 aromatic rings. The summed E-state index contributed by atoms with van der Waals surface area (Å²) in [5.74, 6) is 0. The van der Waals surface area contributed by atoms with Crippen LogP contribution in [0.2, 0.25) is 0 Å². The maximum Gasteiger partial charge on any atom is 0.0469 e. The molecule has 0 aromatic heterocycles. The van der Waals surface area contributed by atoms with Gasteiger partial charge in [0.05, 0.1) is 0 Å². The minimum atomic E-state index is 0.506. The molecule has 1 saturated carbocycles. The van der Waals surface area contributed by atoms with Crippen LogP contribution < -0.4 is 5.32 Å². The highest BCUT2D eigenvalue weighted by atomic mass is 15.1. The highest BCUT2D eigenvalue weighted by molar-refractivity contribution is 5.19. The Balaban J connectivity index is 2.00. The first kappa shape index (κ1) is 11.6. The molecule has 1 fully saturated rings. The van der Waals surface area contributed by atoms with Crippen molar-refractivity contribution in [2.75, 3.05) is 20.1 Å². The van der Waals surface area contributed by atoms with E-state index in [2.05, 4.69) is 54.5 Å². The Kier molecular flexibility index (Phi) is 3.97. The zero-order chi connectivity index (χ0) is 11.4. The van der Waals surface area contributed by atoms with Crippen LogP contribution in [0.15, 0.2) is 30.3 Å². The molecule has 16 heavy (non-hydrogen) atoms. The molecule has 0 amide bonds. The highest BCUT2D eigenvalue weighted by Gasteiger charge is 2.23. The third-order valence-corrected chi connectivity index (χ3v) is 3.39. The van der Waals surface area contributed by atoms with E-state index in [1.165, 1.54) is 18.4 Å². The van der Waals surface area contributed by atoms with Crippen molar-refractivity contribution < 1.29 is 0 Å². The van der Waals surface area contributed by atoms with Crippen LogP contribution >= 0.6 is 0 Å². The summed E-state index contributed by atoms with van der Waals surface area (Å²) in [6.07, 6.45) is 2.72. The number of rotatable bonds is 6. The van der Waals surface area contributed by atoms with E-state index in [9.17, 15) is 0 Å². The Morgan fingerprint density at radius 3 is 2.56 bits per heavy atom. The van der Waals surface area contributed by atoms with Crippen LogP contribution in [-0.4, -0.2) is 31.1 Å². The first-order valence-corrected chi connectivity index (χ1v) is 6.30. The summed E-state index contributed by atoms with van der Waals surface area (Å²) in [4.78, 5) is 2.41. The first-order chi connectivity index (χ1) is 7.81. The lowest BCUT2D eigenvalue weighted by atomic mass is 10.1. The Labute approximate surface area is 98.7 Å². The molecule has 0 saturated heterocycles. The molecule has 2 rings (SSSR count). The van der Waals surface area contributed by atoms with Crippen molar-refractivity contribution in [3.05, 3.63) is 35.9 Å². The number of likely N-dealkylation sites (N-methyl/N-ethyl adjacent to an activating group) is 1. The van der Waals surface area contributed by atoms with Crippen LogP contribution in [0.25, 0.3) is 0 Å². The van der Waals surface area contributed by atoms with Crippen LogP contribution in [0.3, 0.4) is 0 Å². The maximum absolute atomic E-state index is 3.63. The molecular weight excluding hydrogens is 196 g/mol. The monoisotopic (exact) mass is 218 g/mol. The highest BCUT2D eigenvalue weighted by Crippen LogP contribution is 2.22. The van der Waals surface area contributed by atoms with Gasteiger partial charge in [-0.2, -0.15) is 0 Å². The van der Waals surface area contributed by atoms with E-state index in [4.69, 9.17) is 0 Å². The molecule has 0 heterocycles. The van der Waals surface area contributed by atoms with Crippen molar-refractivity contribution in [3.63, 3.8) is 0 Å². The third kappa shape index (κ3) is 3.06. The molecule has 1 N–H and O–H groups in total. The topological polar surface area (TPSA) is 15.3 Å². The van der Waals surface area contributed by atoms with Gasteiger partial charge in [-0.25, -0.2) is 0 Å². The summed E-state index contributed by atoms with van der Waals surface area (Å²) in [6.45, 7) is 4.37. The summed E-state index contributed by atoms with van der Waals surface area (Å²) < 4.78 is 0. The molecule has 1 aromatic carbocycles. The molecule has 0 bridgehead atoms. The summed E-state index contributed by atoms with van der Waals surface area (Å²) in [5, 5.41) is 3.63. The average Bonchev–Trinajstić information content (AvgIpc) is 3.14. The number of hydrogen-bond acceptors (Lipinski definition) is 2. The molecule has 2 heteroatoms. The Morgan fingerprint density at radius 2 is 2.00 bits per heavy atom. The van der Waals surface area contributed by atoms with E-state index in [1.54, 1.807) is 0 Å². The van der Waals surface area contributed by atoms with Gasteiger partial charge in [-0.3, -0.25) is 4.90 Å². The summed E-state index contributed by atoms with van der Waals surface area (Å²) in [7, 11) is 2.20. The van der Waals surface area contributed by atoms with Gasteiger partial charge >= 0.3 is 0 Å². The van der Waals surface area contributed by atoms with Crippen molar-refractivity contribution in [2.24, 2.45) is 0 Å². The fourth-order valence-corrected chi connectivity index (χ4v) is 1.99. The quantitative estimate of drug-likeness (QED) is 0.789. The van der Waals surface area contributed by atoms with Crippen LogP contribution in [-0.2, 0) is 0 Å². The molecule has 0 aliphatic heterocycles. The van der Waals surface area contributed by atoms with Gasteiger partial charge in [-0.15, -0.1) is 0 Å². The maximum atomic E-state index is 3.63. The zero-order valence-electron chi connectivity index (χ0n) is 10.3. The number of nitrogens with one attached hydrogen (secondary N) is 1. The fourth-order valence-electron chi connectivity index (χ4n) is 1.99. The van der Waals surface area contributed by atoms with Gasteiger partial charge < -0.3 is 5.32 Å². The number of hydrogen-bond donors (Lipinski definition) is 1. The smallest absolute Gasteiger partial charge is 0.0469 e. The Hall–Kier alpha value is -0.860. The lowest BCUT2D eigenvalue weighted by Crippen LogP contribution is -2.34. The van der Waals surface area contributed by atoms with Crippen molar-refractivity contribution in [2.45, 2.75) is 31.8 Å². The second kappa shape index (κ2) is 5.46. The Bertz CT molecular complexity index is 306. The van der Waals surface area contributed by atoms with E-state index < -0.39 is 0 Å². The molecule has 0 radical (unpaired) electrons. The number of benzene rings is 1. The molecule has 88 valence electrons. The molecule has 1 unspecified atom stereocenters. The predicted molar refractivity (Wildman–Crippen MR) is 68.5 cm³/mol. The molecule has 1 aliphatic rings. The standard InChI is InChI=1S/C14H22N2/c1-3-16(2)14(11-15-13-9-10-13)12-7-5-4-6-8-12/h4-8,13-15H,3,9-11H2,1-2H3. The van der Waals surface area contributed by atoms with Crippen molar-refractivity contribution >= 4 is 0 Å². The third-order valence-electron chi connectivity index (χ3n) is 3.39. The first-order valence-electron chi connectivity index (χ1n) is 6.30. The van der Waals surface area contributed by atoms with Crippen LogP contribution in [0.1, 0.15) is 31.4 Å². The number of nitrogens with zero attached hydrogens (tertiary/aromatic N) is 1. The van der Waals surface area contributed by atoms with Gasteiger partial charge in [0.1, 0.15) is 0 Å². The molecule has 1 atom stereocenters. The predicted octanol–water partition coefficient (Wildman–Crippen LogP) is 2.43. The molecule has 2 nitrogen and oxygen atoms in total. The lowest BCUT2D eigenvalue weighted by molar-refractivity contribution is 0.249. The molecular formula is C14H22N2. The normalized spacial score (nSPS) is 17.7. The van der Waals surface area contributed by atoms with Crippen LogP contribution in [0, 0.1) is 0 Å².